The van der Waals surface area contributed by atoms with Crippen LogP contribution in [0.25, 0.3) is 0 Å². The summed E-state index contributed by atoms with van der Waals surface area (Å²) in [5.74, 6) is -1.87. The van der Waals surface area contributed by atoms with Crippen LogP contribution in [-0.2, 0) is 19.6 Å². The summed E-state index contributed by atoms with van der Waals surface area (Å²) in [6, 6.07) is 10.1. The number of rotatable bonds is 9. The molecule has 30 heavy (non-hydrogen) atoms. The van der Waals surface area contributed by atoms with Gasteiger partial charge >= 0.3 is 5.97 Å². The van der Waals surface area contributed by atoms with Crippen molar-refractivity contribution < 1.29 is 27.1 Å². The van der Waals surface area contributed by atoms with Crippen LogP contribution in [0.15, 0.2) is 48.5 Å². The van der Waals surface area contributed by atoms with Crippen LogP contribution in [0.3, 0.4) is 0 Å². The molecule has 1 atom stereocenters. The molecule has 1 unspecified atom stereocenters. The number of ether oxygens (including phenoxy) is 1. The van der Waals surface area contributed by atoms with E-state index in [1.807, 2.05) is 6.92 Å². The van der Waals surface area contributed by atoms with Crippen molar-refractivity contribution in [3.8, 4) is 0 Å². The number of nitrogens with one attached hydrogen (secondary N) is 1. The zero-order valence-corrected chi connectivity index (χ0v) is 17.9. The standard InChI is InChI=1S/C21H25FN2O5S/c1-4-5-14-29-21(26)16-10-12-17(13-11-16)23-20(25)15(2)24(30(3,27)28)19-9-7-6-8-18(19)22/h6-13,15H,4-5,14H2,1-3H3,(H,23,25). The molecule has 2 aromatic rings. The van der Waals surface area contributed by atoms with Crippen molar-refractivity contribution in [2.45, 2.75) is 32.7 Å². The molecule has 0 radical (unpaired) electrons. The first kappa shape index (κ1) is 23.3. The van der Waals surface area contributed by atoms with Gasteiger partial charge in [0.05, 0.1) is 24.1 Å². The fourth-order valence-corrected chi connectivity index (χ4v) is 3.92. The molecule has 0 saturated heterocycles. The fourth-order valence-electron chi connectivity index (χ4n) is 2.74. The lowest BCUT2D eigenvalue weighted by Crippen LogP contribution is -2.45. The van der Waals surface area contributed by atoms with Crippen molar-refractivity contribution in [2.75, 3.05) is 22.5 Å². The van der Waals surface area contributed by atoms with Crippen molar-refractivity contribution in [1.29, 1.82) is 0 Å². The zero-order valence-electron chi connectivity index (χ0n) is 17.1. The van der Waals surface area contributed by atoms with Crippen molar-refractivity contribution in [3.05, 3.63) is 59.9 Å². The first-order chi connectivity index (χ1) is 14.1. The van der Waals surface area contributed by atoms with Gasteiger partial charge in [-0.1, -0.05) is 25.5 Å². The van der Waals surface area contributed by atoms with E-state index in [9.17, 15) is 22.4 Å². The van der Waals surface area contributed by atoms with Crippen LogP contribution >= 0.6 is 0 Å². The first-order valence-electron chi connectivity index (χ1n) is 9.47. The third kappa shape index (κ3) is 6.03. The molecule has 0 saturated carbocycles. The van der Waals surface area contributed by atoms with Crippen LogP contribution in [0.2, 0.25) is 0 Å². The maximum atomic E-state index is 14.2. The number of esters is 1. The normalized spacial score (nSPS) is 12.1. The number of hydrogen-bond acceptors (Lipinski definition) is 5. The number of sulfonamides is 1. The van der Waals surface area contributed by atoms with Crippen LogP contribution in [0.5, 0.6) is 0 Å². The summed E-state index contributed by atoms with van der Waals surface area (Å²) in [5.41, 5.74) is 0.480. The van der Waals surface area contributed by atoms with E-state index in [0.29, 0.717) is 17.9 Å². The SMILES string of the molecule is CCCCOC(=O)c1ccc(NC(=O)C(C)N(c2ccccc2F)S(C)(=O)=O)cc1. The molecule has 7 nitrogen and oxygen atoms in total. The highest BCUT2D eigenvalue weighted by Crippen LogP contribution is 2.24. The molecule has 0 spiro atoms. The van der Waals surface area contributed by atoms with Gasteiger partial charge in [-0.2, -0.15) is 0 Å². The Bertz CT molecular complexity index is 993. The smallest absolute Gasteiger partial charge is 0.338 e. The van der Waals surface area contributed by atoms with E-state index in [2.05, 4.69) is 5.32 Å². The molecule has 162 valence electrons. The van der Waals surface area contributed by atoms with Crippen molar-refractivity contribution in [1.82, 2.24) is 0 Å². The third-order valence-corrected chi connectivity index (χ3v) is 5.53. The summed E-state index contributed by atoms with van der Waals surface area (Å²) in [7, 11) is -3.93. The number of para-hydroxylation sites is 1. The number of hydrogen-bond donors (Lipinski definition) is 1. The Morgan fingerprint density at radius 2 is 1.77 bits per heavy atom. The number of anilines is 2. The highest BCUT2D eigenvalue weighted by molar-refractivity contribution is 7.92. The van der Waals surface area contributed by atoms with Crippen LogP contribution in [0.4, 0.5) is 15.8 Å². The van der Waals surface area contributed by atoms with Crippen LogP contribution in [-0.4, -0.2) is 39.2 Å². The van der Waals surface area contributed by atoms with Gasteiger partial charge in [-0.05, 0) is 49.7 Å². The van der Waals surface area contributed by atoms with Gasteiger partial charge < -0.3 is 10.1 Å². The van der Waals surface area contributed by atoms with E-state index in [4.69, 9.17) is 4.74 Å². The predicted molar refractivity (Wildman–Crippen MR) is 113 cm³/mol. The zero-order chi connectivity index (χ0) is 22.3. The Kier molecular flexibility index (Phi) is 7.93. The lowest BCUT2D eigenvalue weighted by atomic mass is 10.2. The number of unbranched alkanes of at least 4 members (excludes halogenated alkanes) is 1. The third-order valence-electron chi connectivity index (χ3n) is 4.30. The number of nitrogens with zero attached hydrogens (tertiary/aromatic N) is 1. The number of halogens is 1. The Morgan fingerprint density at radius 3 is 2.33 bits per heavy atom. The molecule has 0 aliphatic heterocycles. The van der Waals surface area contributed by atoms with Gasteiger partial charge in [-0.25, -0.2) is 17.6 Å². The van der Waals surface area contributed by atoms with Crippen LogP contribution < -0.4 is 9.62 Å². The monoisotopic (exact) mass is 436 g/mol. The van der Waals surface area contributed by atoms with E-state index in [1.54, 1.807) is 0 Å². The van der Waals surface area contributed by atoms with E-state index >= 15 is 0 Å². The second-order valence-electron chi connectivity index (χ2n) is 6.74. The summed E-state index contributed by atoms with van der Waals surface area (Å²) in [4.78, 5) is 24.6. The Balaban J connectivity index is 2.14. The summed E-state index contributed by atoms with van der Waals surface area (Å²) < 4.78 is 44.5. The Hall–Kier alpha value is -2.94. The van der Waals surface area contributed by atoms with Crippen LogP contribution in [0, 0.1) is 5.82 Å². The molecule has 2 aromatic carbocycles. The molecule has 0 aliphatic rings. The van der Waals surface area contributed by atoms with Crippen LogP contribution in [0.1, 0.15) is 37.0 Å². The molecular formula is C21H25FN2O5S. The molecule has 9 heteroatoms. The molecule has 0 aliphatic carbocycles. The average Bonchev–Trinajstić information content (AvgIpc) is 2.69. The minimum Gasteiger partial charge on any atom is -0.462 e. The molecule has 0 aromatic heterocycles. The minimum atomic E-state index is -3.93. The Labute approximate surface area is 175 Å². The fraction of sp³-hybridized carbons (Fsp3) is 0.333. The molecule has 1 N–H and O–H groups in total. The highest BCUT2D eigenvalue weighted by Gasteiger charge is 2.31. The number of carbonyl (C=O) groups excluding carboxylic acids is 2. The van der Waals surface area contributed by atoms with E-state index in [-0.39, 0.29) is 5.69 Å². The summed E-state index contributed by atoms with van der Waals surface area (Å²) in [6.07, 6.45) is 2.59. The van der Waals surface area contributed by atoms with E-state index in [0.717, 1.165) is 29.5 Å². The number of carbonyl (C=O) groups is 2. The van der Waals surface area contributed by atoms with Gasteiger partial charge in [-0.3, -0.25) is 9.10 Å². The molecule has 0 fully saturated rings. The minimum absolute atomic E-state index is 0.215. The molecule has 0 heterocycles. The quantitative estimate of drug-likeness (QED) is 0.479. The van der Waals surface area contributed by atoms with Crippen molar-refractivity contribution >= 4 is 33.3 Å². The van der Waals surface area contributed by atoms with Gasteiger partial charge in [0.15, 0.2) is 0 Å². The van der Waals surface area contributed by atoms with E-state index < -0.39 is 33.8 Å². The second kappa shape index (κ2) is 10.2. The summed E-state index contributed by atoms with van der Waals surface area (Å²) in [6.45, 7) is 3.69. The average molecular weight is 437 g/mol. The van der Waals surface area contributed by atoms with Gasteiger partial charge in [0.2, 0.25) is 15.9 Å². The summed E-state index contributed by atoms with van der Waals surface area (Å²) >= 11 is 0. The van der Waals surface area contributed by atoms with Gasteiger partial charge in [0, 0.05) is 5.69 Å². The predicted octanol–water partition coefficient (Wildman–Crippen LogP) is 3.58. The van der Waals surface area contributed by atoms with Gasteiger partial charge in [-0.15, -0.1) is 0 Å². The maximum Gasteiger partial charge on any atom is 0.338 e. The summed E-state index contributed by atoms with van der Waals surface area (Å²) in [5, 5.41) is 2.58. The second-order valence-corrected chi connectivity index (χ2v) is 8.60. The molecule has 2 rings (SSSR count). The molecule has 1 amide bonds. The highest BCUT2D eigenvalue weighted by atomic mass is 32.2. The molecular weight excluding hydrogens is 411 g/mol. The van der Waals surface area contributed by atoms with Crippen molar-refractivity contribution in [2.24, 2.45) is 0 Å². The maximum absolute atomic E-state index is 14.2. The molecule has 0 bridgehead atoms. The lowest BCUT2D eigenvalue weighted by molar-refractivity contribution is -0.116. The largest absolute Gasteiger partial charge is 0.462 e. The number of amides is 1. The topological polar surface area (TPSA) is 92.8 Å². The van der Waals surface area contributed by atoms with Crippen molar-refractivity contribution in [3.63, 3.8) is 0 Å². The van der Waals surface area contributed by atoms with Gasteiger partial charge in [0.25, 0.3) is 0 Å². The first-order valence-corrected chi connectivity index (χ1v) is 11.3. The van der Waals surface area contributed by atoms with Gasteiger partial charge in [0.1, 0.15) is 11.9 Å². The van der Waals surface area contributed by atoms with E-state index in [1.165, 1.54) is 49.4 Å². The lowest BCUT2D eigenvalue weighted by Gasteiger charge is -2.28. The Morgan fingerprint density at radius 1 is 1.13 bits per heavy atom. The number of benzene rings is 2.